The largest absolute Gasteiger partial charge is 0.361 e. The highest BCUT2D eigenvalue weighted by Crippen LogP contribution is 2.26. The third kappa shape index (κ3) is 1.86. The summed E-state index contributed by atoms with van der Waals surface area (Å²) in [4.78, 5) is 0. The molecule has 0 radical (unpaired) electrons. The number of aryl methyl sites for hydroxylation is 1. The minimum Gasteiger partial charge on any atom is -0.361 e. The molecule has 0 fully saturated rings. The summed E-state index contributed by atoms with van der Waals surface area (Å²) in [6.45, 7) is 0. The van der Waals surface area contributed by atoms with E-state index in [0.29, 0.717) is 5.69 Å². The molecule has 1 aliphatic rings. The monoisotopic (exact) mass is 221 g/mol. The van der Waals surface area contributed by atoms with Crippen molar-refractivity contribution in [3.63, 3.8) is 0 Å². The van der Waals surface area contributed by atoms with Crippen molar-refractivity contribution in [3.05, 3.63) is 17.0 Å². The Balaban J connectivity index is 2.32. The fourth-order valence-electron chi connectivity index (χ4n) is 1.56. The van der Waals surface area contributed by atoms with E-state index in [9.17, 15) is 8.42 Å². The summed E-state index contributed by atoms with van der Waals surface area (Å²) in [7, 11) is 1.60. The number of fused-ring (bicyclic) bond motifs is 1. The Hall–Kier alpha value is -0.550. The van der Waals surface area contributed by atoms with E-state index in [0.717, 1.165) is 30.6 Å². The van der Waals surface area contributed by atoms with Gasteiger partial charge in [0.1, 0.15) is 17.2 Å². The molecule has 13 heavy (non-hydrogen) atoms. The molecule has 0 bridgehead atoms. The van der Waals surface area contributed by atoms with Crippen LogP contribution in [0.3, 0.4) is 0 Å². The Bertz CT molecular complexity index is 423. The van der Waals surface area contributed by atoms with Crippen LogP contribution in [0, 0.1) is 0 Å². The highest BCUT2D eigenvalue weighted by Gasteiger charge is 2.23. The minimum absolute atomic E-state index is 0.229. The lowest BCUT2D eigenvalue weighted by Gasteiger charge is -1.92. The van der Waals surface area contributed by atoms with Gasteiger partial charge in [0.2, 0.25) is 9.05 Å². The van der Waals surface area contributed by atoms with Gasteiger partial charge in [-0.25, -0.2) is 8.42 Å². The van der Waals surface area contributed by atoms with Gasteiger partial charge in [-0.2, -0.15) is 0 Å². The van der Waals surface area contributed by atoms with Crippen LogP contribution in [0.5, 0.6) is 0 Å². The SMILES string of the molecule is O=S(=O)(Cl)Cc1noc2c1CCC2. The summed E-state index contributed by atoms with van der Waals surface area (Å²) < 4.78 is 26.5. The summed E-state index contributed by atoms with van der Waals surface area (Å²) in [6.07, 6.45) is 2.71. The van der Waals surface area contributed by atoms with Gasteiger partial charge in [0.25, 0.3) is 0 Å². The van der Waals surface area contributed by atoms with E-state index in [1.165, 1.54) is 0 Å². The molecule has 0 aromatic carbocycles. The average Bonchev–Trinajstić information content (AvgIpc) is 2.50. The highest BCUT2D eigenvalue weighted by molar-refractivity contribution is 8.13. The van der Waals surface area contributed by atoms with Gasteiger partial charge in [-0.3, -0.25) is 0 Å². The first kappa shape index (κ1) is 9.02. The Labute approximate surface area is 80.3 Å². The van der Waals surface area contributed by atoms with Crippen molar-refractivity contribution < 1.29 is 12.9 Å². The summed E-state index contributed by atoms with van der Waals surface area (Å²) in [5.41, 5.74) is 1.41. The van der Waals surface area contributed by atoms with E-state index in [1.54, 1.807) is 0 Å². The fourth-order valence-corrected chi connectivity index (χ4v) is 2.43. The van der Waals surface area contributed by atoms with Crippen LogP contribution in [0.4, 0.5) is 0 Å². The van der Waals surface area contributed by atoms with Crippen molar-refractivity contribution >= 4 is 19.7 Å². The maximum atomic E-state index is 10.8. The molecule has 0 atom stereocenters. The van der Waals surface area contributed by atoms with Gasteiger partial charge >= 0.3 is 0 Å². The Morgan fingerprint density at radius 2 is 2.23 bits per heavy atom. The molecule has 1 heterocycles. The molecule has 0 saturated carbocycles. The molecular weight excluding hydrogens is 214 g/mol. The van der Waals surface area contributed by atoms with Crippen LogP contribution in [0.1, 0.15) is 23.4 Å². The predicted molar refractivity (Wildman–Crippen MR) is 47.0 cm³/mol. The van der Waals surface area contributed by atoms with Gasteiger partial charge in [0.05, 0.1) is 0 Å². The smallest absolute Gasteiger partial charge is 0.238 e. The maximum absolute atomic E-state index is 10.8. The van der Waals surface area contributed by atoms with E-state index in [1.807, 2.05) is 0 Å². The number of halogens is 1. The molecule has 1 aromatic heterocycles. The number of rotatable bonds is 2. The first-order valence-corrected chi connectivity index (χ1v) is 6.43. The van der Waals surface area contributed by atoms with Crippen LogP contribution in [0.2, 0.25) is 0 Å². The van der Waals surface area contributed by atoms with Crippen LogP contribution in [0.25, 0.3) is 0 Å². The third-order valence-electron chi connectivity index (χ3n) is 2.09. The summed E-state index contributed by atoms with van der Waals surface area (Å²) in [6, 6.07) is 0. The molecule has 0 aliphatic heterocycles. The van der Waals surface area contributed by atoms with Crippen LogP contribution in [-0.4, -0.2) is 13.6 Å². The lowest BCUT2D eigenvalue weighted by molar-refractivity contribution is 0.381. The van der Waals surface area contributed by atoms with E-state index < -0.39 is 9.05 Å². The average molecular weight is 222 g/mol. The Morgan fingerprint density at radius 3 is 2.92 bits per heavy atom. The molecule has 0 unspecified atom stereocenters. The van der Waals surface area contributed by atoms with Crippen LogP contribution in [-0.2, 0) is 27.6 Å². The van der Waals surface area contributed by atoms with Crippen LogP contribution < -0.4 is 0 Å². The van der Waals surface area contributed by atoms with Crippen LogP contribution >= 0.6 is 10.7 Å². The topological polar surface area (TPSA) is 60.2 Å². The zero-order chi connectivity index (χ0) is 9.47. The number of nitrogens with zero attached hydrogens (tertiary/aromatic N) is 1. The van der Waals surface area contributed by atoms with Gasteiger partial charge in [0, 0.05) is 22.7 Å². The molecule has 1 aliphatic carbocycles. The summed E-state index contributed by atoms with van der Waals surface area (Å²) in [5.74, 6) is 0.586. The summed E-state index contributed by atoms with van der Waals surface area (Å²) >= 11 is 0. The van der Waals surface area contributed by atoms with Gasteiger partial charge in [0.15, 0.2) is 0 Å². The van der Waals surface area contributed by atoms with Crippen molar-refractivity contribution in [1.29, 1.82) is 0 Å². The van der Waals surface area contributed by atoms with Crippen molar-refractivity contribution in [2.45, 2.75) is 25.0 Å². The second-order valence-corrected chi connectivity index (χ2v) is 5.84. The van der Waals surface area contributed by atoms with Crippen molar-refractivity contribution in [2.24, 2.45) is 0 Å². The minimum atomic E-state index is -3.52. The molecule has 0 saturated heterocycles. The molecule has 4 nitrogen and oxygen atoms in total. The van der Waals surface area contributed by atoms with Gasteiger partial charge < -0.3 is 4.52 Å². The Kier molecular flexibility index (Phi) is 2.08. The third-order valence-corrected chi connectivity index (χ3v) is 3.04. The van der Waals surface area contributed by atoms with Crippen molar-refractivity contribution in [2.75, 3.05) is 0 Å². The molecule has 0 amide bonds. The molecule has 1 aromatic rings. The molecule has 6 heteroatoms. The molecular formula is C7H8ClNO3S. The van der Waals surface area contributed by atoms with E-state index in [2.05, 4.69) is 5.16 Å². The molecule has 0 N–H and O–H groups in total. The number of aromatic nitrogens is 1. The second-order valence-electron chi connectivity index (χ2n) is 3.07. The Morgan fingerprint density at radius 1 is 1.46 bits per heavy atom. The highest BCUT2D eigenvalue weighted by atomic mass is 35.7. The van der Waals surface area contributed by atoms with E-state index in [-0.39, 0.29) is 5.75 Å². The van der Waals surface area contributed by atoms with Gasteiger partial charge in [-0.15, -0.1) is 0 Å². The lowest BCUT2D eigenvalue weighted by Crippen LogP contribution is -1.98. The van der Waals surface area contributed by atoms with Crippen molar-refractivity contribution in [3.8, 4) is 0 Å². The quantitative estimate of drug-likeness (QED) is 0.705. The standard InChI is InChI=1S/C7H8ClNO3S/c8-13(10,11)4-6-5-2-1-3-7(5)12-9-6/h1-4H2. The molecule has 2 rings (SSSR count). The first-order chi connectivity index (χ1) is 6.06. The van der Waals surface area contributed by atoms with Crippen molar-refractivity contribution in [1.82, 2.24) is 5.16 Å². The van der Waals surface area contributed by atoms with Crippen LogP contribution in [0.15, 0.2) is 4.52 Å². The fraction of sp³-hybridized carbons (Fsp3) is 0.571. The normalized spacial score (nSPS) is 16.1. The zero-order valence-electron chi connectivity index (χ0n) is 6.79. The van der Waals surface area contributed by atoms with E-state index >= 15 is 0 Å². The second kappa shape index (κ2) is 2.99. The molecule has 72 valence electrons. The van der Waals surface area contributed by atoms with E-state index in [4.69, 9.17) is 15.2 Å². The molecule has 0 spiro atoms. The summed E-state index contributed by atoms with van der Waals surface area (Å²) in [5, 5.41) is 3.68. The lowest BCUT2D eigenvalue weighted by atomic mass is 10.2. The first-order valence-electron chi connectivity index (χ1n) is 3.95. The number of hydrogen-bond acceptors (Lipinski definition) is 4. The van der Waals surface area contributed by atoms with Gasteiger partial charge in [-0.05, 0) is 12.8 Å². The zero-order valence-corrected chi connectivity index (χ0v) is 8.36. The number of hydrogen-bond donors (Lipinski definition) is 0. The van der Waals surface area contributed by atoms with Gasteiger partial charge in [-0.1, -0.05) is 5.16 Å². The maximum Gasteiger partial charge on any atom is 0.238 e. The predicted octanol–water partition coefficient (Wildman–Crippen LogP) is 1.23.